The maximum absolute atomic E-state index is 3.46. The van der Waals surface area contributed by atoms with Gasteiger partial charge >= 0.3 is 0 Å². The van der Waals surface area contributed by atoms with Crippen molar-refractivity contribution in [1.29, 1.82) is 0 Å². The van der Waals surface area contributed by atoms with Crippen LogP contribution in [0.2, 0.25) is 0 Å². The van der Waals surface area contributed by atoms with Crippen LogP contribution in [-0.2, 0) is 5.33 Å². The molecule has 2 aromatic carbocycles. The maximum Gasteiger partial charge on any atom is 0.0283 e. The van der Waals surface area contributed by atoms with Crippen molar-refractivity contribution in [3.8, 4) is 0 Å². The molecule has 2 rings (SSSR count). The largest absolute Gasteiger partial charge is 0.0876 e. The van der Waals surface area contributed by atoms with E-state index in [1.165, 1.54) is 16.7 Å². The Balaban J connectivity index is 2.17. The van der Waals surface area contributed by atoms with E-state index in [2.05, 4.69) is 76.6 Å². The summed E-state index contributed by atoms with van der Waals surface area (Å²) in [5.41, 5.74) is 3.77. The first kappa shape index (κ1) is 11.2. The Morgan fingerprint density at radius 3 is 2.25 bits per heavy atom. The predicted octanol–water partition coefficient (Wildman–Crippen LogP) is 4.75. The highest BCUT2D eigenvalue weighted by atomic mass is 79.9. The summed E-state index contributed by atoms with van der Waals surface area (Å²) < 4.78 is 0. The first-order chi connectivity index (χ1) is 7.88. The first-order valence-corrected chi connectivity index (χ1v) is 6.39. The molecule has 0 fully saturated rings. The zero-order valence-corrected chi connectivity index (χ0v) is 10.5. The predicted molar refractivity (Wildman–Crippen MR) is 74.4 cm³/mol. The standard InChI is InChI=1S/C15H13Br/c16-12-15-8-4-7-14(11-15)10-9-13-5-2-1-3-6-13/h1-11H,12H2/b10-9-. The molecule has 0 aliphatic heterocycles. The molecule has 0 saturated heterocycles. The van der Waals surface area contributed by atoms with Crippen LogP contribution in [-0.4, -0.2) is 0 Å². The van der Waals surface area contributed by atoms with Crippen molar-refractivity contribution in [3.63, 3.8) is 0 Å². The highest BCUT2D eigenvalue weighted by molar-refractivity contribution is 9.08. The molecule has 0 spiro atoms. The summed E-state index contributed by atoms with van der Waals surface area (Å²) in [5.74, 6) is 0. The van der Waals surface area contributed by atoms with E-state index in [0.717, 1.165) is 5.33 Å². The third-order valence-corrected chi connectivity index (χ3v) is 3.02. The van der Waals surface area contributed by atoms with Gasteiger partial charge in [0.25, 0.3) is 0 Å². The second-order valence-electron chi connectivity index (χ2n) is 3.62. The van der Waals surface area contributed by atoms with Gasteiger partial charge in [0.2, 0.25) is 0 Å². The van der Waals surface area contributed by atoms with Gasteiger partial charge in [0, 0.05) is 5.33 Å². The van der Waals surface area contributed by atoms with Crippen LogP contribution in [0, 0.1) is 0 Å². The van der Waals surface area contributed by atoms with E-state index >= 15 is 0 Å². The van der Waals surface area contributed by atoms with Crippen LogP contribution < -0.4 is 0 Å². The van der Waals surface area contributed by atoms with Gasteiger partial charge in [-0.15, -0.1) is 0 Å². The molecule has 0 aromatic heterocycles. The molecular weight excluding hydrogens is 260 g/mol. The number of alkyl halides is 1. The summed E-state index contributed by atoms with van der Waals surface area (Å²) in [4.78, 5) is 0. The van der Waals surface area contributed by atoms with Crippen molar-refractivity contribution in [2.24, 2.45) is 0 Å². The number of rotatable bonds is 3. The van der Waals surface area contributed by atoms with Crippen molar-refractivity contribution >= 4 is 28.1 Å². The number of benzene rings is 2. The van der Waals surface area contributed by atoms with E-state index < -0.39 is 0 Å². The van der Waals surface area contributed by atoms with Crippen LogP contribution in [0.25, 0.3) is 12.2 Å². The lowest BCUT2D eigenvalue weighted by atomic mass is 10.1. The maximum atomic E-state index is 3.46. The van der Waals surface area contributed by atoms with Gasteiger partial charge in [0.15, 0.2) is 0 Å². The van der Waals surface area contributed by atoms with Crippen molar-refractivity contribution < 1.29 is 0 Å². The molecule has 0 amide bonds. The Bertz CT molecular complexity index is 472. The zero-order valence-electron chi connectivity index (χ0n) is 8.94. The third-order valence-electron chi connectivity index (χ3n) is 2.37. The molecule has 0 unspecified atom stereocenters. The molecule has 80 valence electrons. The molecule has 0 heterocycles. The Kier molecular flexibility index (Phi) is 3.95. The Morgan fingerprint density at radius 2 is 1.50 bits per heavy atom. The van der Waals surface area contributed by atoms with Gasteiger partial charge in [0.05, 0.1) is 0 Å². The molecule has 0 aliphatic carbocycles. The van der Waals surface area contributed by atoms with Gasteiger partial charge in [0.1, 0.15) is 0 Å². The van der Waals surface area contributed by atoms with Gasteiger partial charge in [-0.1, -0.05) is 82.7 Å². The number of halogens is 1. The summed E-state index contributed by atoms with van der Waals surface area (Å²) in [7, 11) is 0. The fourth-order valence-electron chi connectivity index (χ4n) is 1.54. The number of hydrogen-bond donors (Lipinski definition) is 0. The minimum atomic E-state index is 0.903. The summed E-state index contributed by atoms with van der Waals surface area (Å²) in [6.07, 6.45) is 4.27. The molecule has 16 heavy (non-hydrogen) atoms. The molecule has 0 N–H and O–H groups in total. The fraction of sp³-hybridized carbons (Fsp3) is 0.0667. The van der Waals surface area contributed by atoms with Crippen LogP contribution in [0.4, 0.5) is 0 Å². The lowest BCUT2D eigenvalue weighted by molar-refractivity contribution is 1.43. The third kappa shape index (κ3) is 3.07. The molecule has 0 saturated carbocycles. The van der Waals surface area contributed by atoms with Gasteiger partial charge in [-0.25, -0.2) is 0 Å². The Morgan fingerprint density at radius 1 is 0.812 bits per heavy atom. The van der Waals surface area contributed by atoms with Crippen molar-refractivity contribution in [3.05, 3.63) is 71.3 Å². The second kappa shape index (κ2) is 5.66. The van der Waals surface area contributed by atoms with E-state index in [1.807, 2.05) is 6.07 Å². The monoisotopic (exact) mass is 272 g/mol. The normalized spacial score (nSPS) is 10.8. The minimum Gasteiger partial charge on any atom is -0.0876 e. The summed E-state index contributed by atoms with van der Waals surface area (Å²) in [5, 5.41) is 0.903. The van der Waals surface area contributed by atoms with Crippen LogP contribution >= 0.6 is 15.9 Å². The van der Waals surface area contributed by atoms with Gasteiger partial charge in [-0.05, 0) is 16.7 Å². The molecule has 2 aromatic rings. The molecule has 0 radical (unpaired) electrons. The molecule has 0 bridgehead atoms. The van der Waals surface area contributed by atoms with E-state index in [1.54, 1.807) is 0 Å². The summed E-state index contributed by atoms with van der Waals surface area (Å²) in [6.45, 7) is 0. The van der Waals surface area contributed by atoms with Crippen LogP contribution in [0.1, 0.15) is 16.7 Å². The lowest BCUT2D eigenvalue weighted by Crippen LogP contribution is -1.78. The zero-order chi connectivity index (χ0) is 11.2. The highest BCUT2D eigenvalue weighted by Crippen LogP contribution is 2.12. The second-order valence-corrected chi connectivity index (χ2v) is 4.18. The van der Waals surface area contributed by atoms with Gasteiger partial charge in [-0.2, -0.15) is 0 Å². The van der Waals surface area contributed by atoms with Crippen LogP contribution in [0.15, 0.2) is 54.6 Å². The van der Waals surface area contributed by atoms with Crippen LogP contribution in [0.3, 0.4) is 0 Å². The lowest BCUT2D eigenvalue weighted by Gasteiger charge is -1.97. The smallest absolute Gasteiger partial charge is 0.0283 e. The molecule has 0 nitrogen and oxygen atoms in total. The van der Waals surface area contributed by atoms with Crippen molar-refractivity contribution in [2.45, 2.75) is 5.33 Å². The highest BCUT2D eigenvalue weighted by Gasteiger charge is 1.91. The van der Waals surface area contributed by atoms with Crippen LogP contribution in [0.5, 0.6) is 0 Å². The van der Waals surface area contributed by atoms with E-state index in [4.69, 9.17) is 0 Å². The quantitative estimate of drug-likeness (QED) is 0.559. The van der Waals surface area contributed by atoms with Crippen molar-refractivity contribution in [2.75, 3.05) is 0 Å². The van der Waals surface area contributed by atoms with E-state index in [0.29, 0.717) is 0 Å². The molecule has 0 aliphatic rings. The first-order valence-electron chi connectivity index (χ1n) is 5.26. The molecular formula is C15H13Br. The van der Waals surface area contributed by atoms with E-state index in [-0.39, 0.29) is 0 Å². The molecule has 1 heteroatoms. The summed E-state index contributed by atoms with van der Waals surface area (Å²) in [6, 6.07) is 18.8. The molecule has 0 atom stereocenters. The fourth-order valence-corrected chi connectivity index (χ4v) is 1.89. The van der Waals surface area contributed by atoms with Gasteiger partial charge < -0.3 is 0 Å². The Hall–Kier alpha value is -1.34. The van der Waals surface area contributed by atoms with Gasteiger partial charge in [-0.3, -0.25) is 0 Å². The number of hydrogen-bond acceptors (Lipinski definition) is 0. The average molecular weight is 273 g/mol. The average Bonchev–Trinajstić information content (AvgIpc) is 2.38. The van der Waals surface area contributed by atoms with E-state index in [9.17, 15) is 0 Å². The summed E-state index contributed by atoms with van der Waals surface area (Å²) >= 11 is 3.46. The van der Waals surface area contributed by atoms with Crippen molar-refractivity contribution in [1.82, 2.24) is 0 Å². The topological polar surface area (TPSA) is 0 Å². The minimum absolute atomic E-state index is 0.903. The Labute approximate surface area is 105 Å². The SMILES string of the molecule is BrCc1cccc(/C=C\c2ccccc2)c1.